The third-order valence-electron chi connectivity index (χ3n) is 6.50. The maximum Gasteiger partial charge on any atom is 0.232 e. The van der Waals surface area contributed by atoms with Gasteiger partial charge in [0.05, 0.1) is 50.9 Å². The molecule has 2 aromatic heterocycles. The third-order valence-corrected chi connectivity index (χ3v) is 6.50. The third kappa shape index (κ3) is 6.31. The van der Waals surface area contributed by atoms with Gasteiger partial charge in [-0.15, -0.1) is 0 Å². The summed E-state index contributed by atoms with van der Waals surface area (Å²) in [6.07, 6.45) is 1.18. The first-order chi connectivity index (χ1) is 17.3. The van der Waals surface area contributed by atoms with Gasteiger partial charge in [0.15, 0.2) is 0 Å². The minimum Gasteiger partial charge on any atom is -0.468 e. The molecule has 35 heavy (non-hydrogen) atoms. The van der Waals surface area contributed by atoms with Crippen LogP contribution in [0.5, 0.6) is 0 Å². The summed E-state index contributed by atoms with van der Waals surface area (Å²) in [6, 6.07) is 14.0. The SMILES string of the molecule is OC(CN1CCOCC1)CN(Cc1ccco1)Cc1c(-c2ccccc2)noc1N1CCOCC1. The molecule has 188 valence electrons. The van der Waals surface area contributed by atoms with Gasteiger partial charge >= 0.3 is 0 Å². The number of β-amino-alcohol motifs (C(OH)–C–C–N with tert-alkyl or cyclic N) is 1. The molecule has 2 fully saturated rings. The van der Waals surface area contributed by atoms with E-state index in [1.54, 1.807) is 6.26 Å². The Kier molecular flexibility index (Phi) is 8.12. The van der Waals surface area contributed by atoms with Crippen molar-refractivity contribution >= 4 is 5.88 Å². The van der Waals surface area contributed by atoms with E-state index in [4.69, 9.17) is 18.4 Å². The summed E-state index contributed by atoms with van der Waals surface area (Å²) >= 11 is 0. The molecule has 2 saturated heterocycles. The van der Waals surface area contributed by atoms with Crippen LogP contribution in [0.4, 0.5) is 5.88 Å². The van der Waals surface area contributed by atoms with Crippen molar-refractivity contribution in [3.8, 4) is 11.3 Å². The number of ether oxygens (including phenoxy) is 2. The molecule has 1 aromatic carbocycles. The van der Waals surface area contributed by atoms with Crippen molar-refractivity contribution in [3.05, 3.63) is 60.1 Å². The minimum absolute atomic E-state index is 0.500. The number of aromatic nitrogens is 1. The fraction of sp³-hybridized carbons (Fsp3) is 0.500. The maximum absolute atomic E-state index is 11.0. The van der Waals surface area contributed by atoms with E-state index < -0.39 is 6.10 Å². The Morgan fingerprint density at radius 2 is 1.66 bits per heavy atom. The van der Waals surface area contributed by atoms with Crippen molar-refractivity contribution in [3.63, 3.8) is 0 Å². The van der Waals surface area contributed by atoms with Gasteiger partial charge in [-0.05, 0) is 12.1 Å². The summed E-state index contributed by atoms with van der Waals surface area (Å²) in [5.74, 6) is 1.63. The first-order valence-corrected chi connectivity index (χ1v) is 12.4. The Hall–Kier alpha value is -2.69. The second-order valence-electron chi connectivity index (χ2n) is 9.10. The van der Waals surface area contributed by atoms with Crippen LogP contribution in [0.15, 0.2) is 57.7 Å². The molecule has 2 aliphatic heterocycles. The second kappa shape index (κ2) is 11.8. The zero-order chi connectivity index (χ0) is 23.9. The van der Waals surface area contributed by atoms with E-state index in [-0.39, 0.29) is 0 Å². The minimum atomic E-state index is -0.505. The molecule has 0 amide bonds. The van der Waals surface area contributed by atoms with E-state index in [1.807, 2.05) is 30.3 Å². The summed E-state index contributed by atoms with van der Waals surface area (Å²) in [5.41, 5.74) is 2.86. The molecular weight excluding hydrogens is 448 g/mol. The molecule has 2 aliphatic rings. The predicted molar refractivity (Wildman–Crippen MR) is 131 cm³/mol. The lowest BCUT2D eigenvalue weighted by Gasteiger charge is -2.31. The summed E-state index contributed by atoms with van der Waals surface area (Å²) in [6.45, 7) is 8.23. The fourth-order valence-electron chi connectivity index (χ4n) is 4.75. The van der Waals surface area contributed by atoms with Gasteiger partial charge in [0.1, 0.15) is 11.5 Å². The van der Waals surface area contributed by atoms with Crippen LogP contribution in [0.1, 0.15) is 11.3 Å². The van der Waals surface area contributed by atoms with Gasteiger partial charge in [-0.3, -0.25) is 9.80 Å². The zero-order valence-electron chi connectivity index (χ0n) is 20.1. The average Bonchev–Trinajstić information content (AvgIpc) is 3.56. The lowest BCUT2D eigenvalue weighted by atomic mass is 10.1. The van der Waals surface area contributed by atoms with Gasteiger partial charge in [0, 0.05) is 51.4 Å². The molecule has 5 rings (SSSR count). The fourth-order valence-corrected chi connectivity index (χ4v) is 4.75. The quantitative estimate of drug-likeness (QED) is 0.468. The van der Waals surface area contributed by atoms with E-state index >= 15 is 0 Å². The van der Waals surface area contributed by atoms with E-state index in [1.165, 1.54) is 0 Å². The normalized spacial score (nSPS) is 18.3. The highest BCUT2D eigenvalue weighted by molar-refractivity contribution is 5.68. The van der Waals surface area contributed by atoms with Crippen molar-refractivity contribution < 1.29 is 23.5 Å². The smallest absolute Gasteiger partial charge is 0.232 e. The molecular formula is C26H34N4O5. The molecule has 0 saturated carbocycles. The number of anilines is 1. The number of hydrogen-bond donors (Lipinski definition) is 1. The summed E-state index contributed by atoms with van der Waals surface area (Å²) in [7, 11) is 0. The number of nitrogens with zero attached hydrogens (tertiary/aromatic N) is 4. The molecule has 4 heterocycles. The molecule has 1 unspecified atom stereocenters. The van der Waals surface area contributed by atoms with Crippen LogP contribution in [0.25, 0.3) is 11.3 Å². The highest BCUT2D eigenvalue weighted by Gasteiger charge is 2.27. The lowest BCUT2D eigenvalue weighted by molar-refractivity contribution is 0.00508. The van der Waals surface area contributed by atoms with Crippen molar-refractivity contribution in [2.24, 2.45) is 0 Å². The number of morpholine rings is 2. The Labute approximate surface area is 205 Å². The van der Waals surface area contributed by atoms with Crippen LogP contribution in [0, 0.1) is 0 Å². The summed E-state index contributed by atoms with van der Waals surface area (Å²) in [5, 5.41) is 15.5. The standard InChI is InChI=1S/C26H34N4O5/c31-22(17-28-8-13-32-14-9-28)18-29(19-23-7-4-12-34-23)20-24-25(21-5-2-1-3-6-21)27-35-26(24)30-10-15-33-16-11-30/h1-7,12,22,31H,8-11,13-20H2. The van der Waals surface area contributed by atoms with Gasteiger partial charge < -0.3 is 28.4 Å². The lowest BCUT2D eigenvalue weighted by Crippen LogP contribution is -2.44. The highest BCUT2D eigenvalue weighted by Crippen LogP contribution is 2.33. The van der Waals surface area contributed by atoms with Gasteiger partial charge in [0.2, 0.25) is 5.88 Å². The molecule has 1 N–H and O–H groups in total. The molecule has 3 aromatic rings. The van der Waals surface area contributed by atoms with E-state index in [2.05, 4.69) is 32.0 Å². The Morgan fingerprint density at radius 3 is 2.37 bits per heavy atom. The van der Waals surface area contributed by atoms with Gasteiger partial charge in [-0.1, -0.05) is 35.5 Å². The number of benzene rings is 1. The Morgan fingerprint density at radius 1 is 0.914 bits per heavy atom. The molecule has 9 nitrogen and oxygen atoms in total. The van der Waals surface area contributed by atoms with Crippen LogP contribution in [0.3, 0.4) is 0 Å². The van der Waals surface area contributed by atoms with E-state index in [9.17, 15) is 5.11 Å². The molecule has 0 spiro atoms. The van der Waals surface area contributed by atoms with Crippen molar-refractivity contribution in [1.29, 1.82) is 0 Å². The second-order valence-corrected chi connectivity index (χ2v) is 9.10. The molecule has 9 heteroatoms. The van der Waals surface area contributed by atoms with Crippen molar-refractivity contribution in [2.75, 3.05) is 70.6 Å². The van der Waals surface area contributed by atoms with E-state index in [0.717, 1.165) is 54.6 Å². The number of aliphatic hydroxyl groups is 1. The molecule has 1 atom stereocenters. The monoisotopic (exact) mass is 482 g/mol. The van der Waals surface area contributed by atoms with Crippen LogP contribution < -0.4 is 4.90 Å². The van der Waals surface area contributed by atoms with Crippen LogP contribution >= 0.6 is 0 Å². The van der Waals surface area contributed by atoms with Crippen molar-refractivity contribution in [2.45, 2.75) is 19.2 Å². The van der Waals surface area contributed by atoms with Gasteiger partial charge in [0.25, 0.3) is 0 Å². The zero-order valence-corrected chi connectivity index (χ0v) is 20.1. The van der Waals surface area contributed by atoms with Gasteiger partial charge in [-0.2, -0.15) is 0 Å². The van der Waals surface area contributed by atoms with Gasteiger partial charge in [-0.25, -0.2) is 0 Å². The van der Waals surface area contributed by atoms with Crippen LogP contribution in [-0.4, -0.2) is 91.9 Å². The van der Waals surface area contributed by atoms with E-state index in [0.29, 0.717) is 52.6 Å². The van der Waals surface area contributed by atoms with Crippen LogP contribution in [0.2, 0.25) is 0 Å². The first-order valence-electron chi connectivity index (χ1n) is 12.4. The highest BCUT2D eigenvalue weighted by atomic mass is 16.5. The summed E-state index contributed by atoms with van der Waals surface area (Å²) < 4.78 is 22.6. The van der Waals surface area contributed by atoms with Crippen LogP contribution in [-0.2, 0) is 22.6 Å². The summed E-state index contributed by atoms with van der Waals surface area (Å²) in [4.78, 5) is 6.67. The Bertz CT molecular complexity index is 1010. The maximum atomic E-state index is 11.0. The molecule has 0 aliphatic carbocycles. The largest absolute Gasteiger partial charge is 0.468 e. The number of aliphatic hydroxyl groups excluding tert-OH is 1. The number of furan rings is 1. The predicted octanol–water partition coefficient (Wildman–Crippen LogP) is 2.47. The molecule has 0 radical (unpaired) electrons. The van der Waals surface area contributed by atoms with Crippen molar-refractivity contribution in [1.82, 2.24) is 15.0 Å². The first kappa shape index (κ1) is 24.0. The Balaban J connectivity index is 1.40. The topological polar surface area (TPSA) is 87.6 Å². The number of rotatable bonds is 10. The average molecular weight is 483 g/mol. The molecule has 0 bridgehead atoms. The number of hydrogen-bond acceptors (Lipinski definition) is 9.